The van der Waals surface area contributed by atoms with Crippen molar-refractivity contribution >= 4 is 35.8 Å². The third kappa shape index (κ3) is 10.7. The molecule has 1 atom stereocenters. The Kier molecular flexibility index (Phi) is 14.1. The van der Waals surface area contributed by atoms with Gasteiger partial charge in [0.25, 0.3) is 0 Å². The number of methoxy groups -OCH3 is 1. The number of benzene rings is 1. The van der Waals surface area contributed by atoms with Gasteiger partial charge in [-0.05, 0) is 45.2 Å². The molecule has 1 amide bonds. The van der Waals surface area contributed by atoms with E-state index in [0.29, 0.717) is 19.1 Å². The van der Waals surface area contributed by atoms with Crippen LogP contribution in [0, 0.1) is 0 Å². The number of nitrogens with one attached hydrogen (secondary N) is 3. The van der Waals surface area contributed by atoms with Crippen molar-refractivity contribution in [2.75, 3.05) is 46.4 Å². The summed E-state index contributed by atoms with van der Waals surface area (Å²) < 4.78 is 11.2. The number of carbonyl (C=O) groups is 1. The maximum atomic E-state index is 11.9. The van der Waals surface area contributed by atoms with Gasteiger partial charge in [0, 0.05) is 38.3 Å². The summed E-state index contributed by atoms with van der Waals surface area (Å²) in [4.78, 5) is 18.8. The first-order valence-corrected chi connectivity index (χ1v) is 11.4. The predicted molar refractivity (Wildman–Crippen MR) is 140 cm³/mol. The first kappa shape index (κ1) is 28.3. The van der Waals surface area contributed by atoms with Crippen LogP contribution in [0.3, 0.4) is 0 Å². The van der Waals surface area contributed by atoms with Crippen LogP contribution in [-0.2, 0) is 4.79 Å². The number of hydrogen-bond acceptors (Lipinski definition) is 5. The average Bonchev–Trinajstić information content (AvgIpc) is 2.77. The van der Waals surface area contributed by atoms with E-state index >= 15 is 0 Å². The van der Waals surface area contributed by atoms with Crippen LogP contribution in [0.4, 0.5) is 0 Å². The Labute approximate surface area is 209 Å². The van der Waals surface area contributed by atoms with Crippen LogP contribution < -0.4 is 25.4 Å². The molecule has 0 aliphatic carbocycles. The summed E-state index contributed by atoms with van der Waals surface area (Å²) in [5, 5.41) is 9.80. The molecule has 8 nitrogen and oxygen atoms in total. The number of ether oxygens (including phenoxy) is 2. The largest absolute Gasteiger partial charge is 0.497 e. The fourth-order valence-corrected chi connectivity index (χ4v) is 3.44. The highest BCUT2D eigenvalue weighted by Gasteiger charge is 2.21. The molecule has 0 saturated carbocycles. The number of aliphatic imine (C=N–C) groups is 1. The van der Waals surface area contributed by atoms with Gasteiger partial charge in [-0.1, -0.05) is 13.0 Å². The van der Waals surface area contributed by atoms with Gasteiger partial charge in [0.05, 0.1) is 20.2 Å². The van der Waals surface area contributed by atoms with Crippen molar-refractivity contribution in [2.45, 2.75) is 52.2 Å². The van der Waals surface area contributed by atoms with E-state index in [0.717, 1.165) is 62.9 Å². The molecule has 1 aromatic rings. The molecular formula is C23H40IN5O3. The predicted octanol–water partition coefficient (Wildman–Crippen LogP) is 2.63. The lowest BCUT2D eigenvalue weighted by Gasteiger charge is -2.32. The minimum Gasteiger partial charge on any atom is -0.497 e. The van der Waals surface area contributed by atoms with E-state index in [1.165, 1.54) is 0 Å². The Morgan fingerprint density at radius 3 is 2.59 bits per heavy atom. The number of rotatable bonds is 11. The molecule has 1 saturated heterocycles. The molecule has 32 heavy (non-hydrogen) atoms. The van der Waals surface area contributed by atoms with Crippen LogP contribution >= 0.6 is 24.0 Å². The summed E-state index contributed by atoms with van der Waals surface area (Å²) in [7, 11) is 1.65. The number of amides is 1. The van der Waals surface area contributed by atoms with Gasteiger partial charge < -0.3 is 25.4 Å². The van der Waals surface area contributed by atoms with E-state index < -0.39 is 0 Å². The number of likely N-dealkylation sites (tertiary alicyclic amines) is 1. The maximum Gasteiger partial charge on any atom is 0.234 e. The normalized spacial score (nSPS) is 15.9. The summed E-state index contributed by atoms with van der Waals surface area (Å²) in [5.41, 5.74) is 0. The highest BCUT2D eigenvalue weighted by Crippen LogP contribution is 2.20. The molecule has 0 spiro atoms. The minimum absolute atomic E-state index is 0. The highest BCUT2D eigenvalue weighted by molar-refractivity contribution is 14.0. The Morgan fingerprint density at radius 2 is 1.94 bits per heavy atom. The van der Waals surface area contributed by atoms with E-state index in [4.69, 9.17) is 14.5 Å². The van der Waals surface area contributed by atoms with Crippen molar-refractivity contribution in [3.05, 3.63) is 24.3 Å². The lowest BCUT2D eigenvalue weighted by atomic mass is 10.1. The van der Waals surface area contributed by atoms with Gasteiger partial charge in [0.2, 0.25) is 5.91 Å². The lowest BCUT2D eigenvalue weighted by Crippen LogP contribution is -2.50. The molecule has 1 heterocycles. The van der Waals surface area contributed by atoms with Crippen LogP contribution in [0.2, 0.25) is 0 Å². The van der Waals surface area contributed by atoms with Crippen LogP contribution in [0.1, 0.15) is 40.0 Å². The number of guanidine groups is 1. The Bertz CT molecular complexity index is 696. The molecule has 1 aromatic carbocycles. The summed E-state index contributed by atoms with van der Waals surface area (Å²) in [5.74, 6) is 2.48. The summed E-state index contributed by atoms with van der Waals surface area (Å²) in [6.07, 6.45) is 2.88. The molecule has 2 rings (SSSR count). The second-order valence-corrected chi connectivity index (χ2v) is 7.87. The van der Waals surface area contributed by atoms with Crippen LogP contribution in [0.5, 0.6) is 11.5 Å². The number of nitrogens with zero attached hydrogens (tertiary/aromatic N) is 2. The second-order valence-electron chi connectivity index (χ2n) is 7.87. The smallest absolute Gasteiger partial charge is 0.234 e. The molecule has 0 aromatic heterocycles. The zero-order valence-corrected chi connectivity index (χ0v) is 22.2. The first-order valence-electron chi connectivity index (χ1n) is 11.4. The molecule has 3 N–H and O–H groups in total. The molecule has 1 aliphatic heterocycles. The summed E-state index contributed by atoms with van der Waals surface area (Å²) in [6, 6.07) is 7.95. The van der Waals surface area contributed by atoms with Gasteiger partial charge in [-0.15, -0.1) is 24.0 Å². The number of hydrogen-bond donors (Lipinski definition) is 3. The summed E-state index contributed by atoms with van der Waals surface area (Å²) >= 11 is 0. The van der Waals surface area contributed by atoms with Crippen molar-refractivity contribution in [3.8, 4) is 11.5 Å². The van der Waals surface area contributed by atoms with E-state index in [1.807, 2.05) is 31.2 Å². The Morgan fingerprint density at radius 1 is 1.22 bits per heavy atom. The van der Waals surface area contributed by atoms with E-state index in [1.54, 1.807) is 7.11 Å². The SMILES string of the molecule is CCCNC(=O)CN1CCC(NC(=NCC(C)Oc2cccc(OC)c2)NCC)CC1.I. The molecule has 182 valence electrons. The van der Waals surface area contributed by atoms with Crippen molar-refractivity contribution in [1.82, 2.24) is 20.9 Å². The fraction of sp³-hybridized carbons (Fsp3) is 0.652. The molecule has 1 unspecified atom stereocenters. The fourth-order valence-electron chi connectivity index (χ4n) is 3.44. The number of halogens is 1. The zero-order chi connectivity index (χ0) is 22.5. The lowest BCUT2D eigenvalue weighted by molar-refractivity contribution is -0.122. The van der Waals surface area contributed by atoms with Gasteiger partial charge in [-0.2, -0.15) is 0 Å². The van der Waals surface area contributed by atoms with Crippen molar-refractivity contribution in [3.63, 3.8) is 0 Å². The van der Waals surface area contributed by atoms with Gasteiger partial charge in [-0.25, -0.2) is 4.99 Å². The third-order valence-electron chi connectivity index (χ3n) is 5.10. The van der Waals surface area contributed by atoms with Gasteiger partial charge in [0.1, 0.15) is 17.6 Å². The van der Waals surface area contributed by atoms with Crippen LogP contribution in [0.15, 0.2) is 29.3 Å². The van der Waals surface area contributed by atoms with E-state index in [-0.39, 0.29) is 36.0 Å². The Hall–Kier alpha value is -1.75. The van der Waals surface area contributed by atoms with E-state index in [2.05, 4.69) is 34.7 Å². The van der Waals surface area contributed by atoms with Crippen LogP contribution in [-0.4, -0.2) is 75.3 Å². The van der Waals surface area contributed by atoms with Gasteiger partial charge in [0.15, 0.2) is 5.96 Å². The summed E-state index contributed by atoms with van der Waals surface area (Å²) in [6.45, 7) is 10.5. The topological polar surface area (TPSA) is 87.2 Å². The van der Waals surface area contributed by atoms with Gasteiger partial charge >= 0.3 is 0 Å². The van der Waals surface area contributed by atoms with Crippen molar-refractivity contribution in [1.29, 1.82) is 0 Å². The molecule has 1 fully saturated rings. The maximum absolute atomic E-state index is 11.9. The molecular weight excluding hydrogens is 521 g/mol. The van der Waals surface area contributed by atoms with Crippen molar-refractivity contribution < 1.29 is 14.3 Å². The zero-order valence-electron chi connectivity index (χ0n) is 19.9. The molecule has 0 bridgehead atoms. The quantitative estimate of drug-likeness (QED) is 0.219. The number of piperidine rings is 1. The average molecular weight is 562 g/mol. The molecule has 1 aliphatic rings. The standard InChI is InChI=1S/C23H39N5O3.HI/c1-5-12-25-22(29)17-28-13-10-19(11-14-28)27-23(24-6-2)26-16-18(3)31-21-9-7-8-20(15-21)30-4;/h7-9,15,18-19H,5-6,10-14,16-17H2,1-4H3,(H,25,29)(H2,24,26,27);1H. The minimum atomic E-state index is -0.0638. The number of carbonyl (C=O) groups excluding carboxylic acids is 1. The van der Waals surface area contributed by atoms with Crippen LogP contribution in [0.25, 0.3) is 0 Å². The molecule has 9 heteroatoms. The van der Waals surface area contributed by atoms with Gasteiger partial charge in [-0.3, -0.25) is 9.69 Å². The highest BCUT2D eigenvalue weighted by atomic mass is 127. The Balaban J connectivity index is 0.00000512. The molecule has 0 radical (unpaired) electrons. The monoisotopic (exact) mass is 561 g/mol. The second kappa shape index (κ2) is 16.0. The van der Waals surface area contributed by atoms with Crippen molar-refractivity contribution in [2.24, 2.45) is 4.99 Å². The third-order valence-corrected chi connectivity index (χ3v) is 5.10. The van der Waals surface area contributed by atoms with E-state index in [9.17, 15) is 4.79 Å². The first-order chi connectivity index (χ1) is 15.0.